The molecule has 118 valence electrons. The standard InChI is InChI=1S/C16H24N6/c17-15(20-13-14-5-2-1-3-6-14)21-9-11-22(12-10-21)16-18-7-4-8-19-16/h1-2,4,7-8,14H,3,5-6,9-13H2,(H2,17,20). The van der Waals surface area contributed by atoms with E-state index >= 15 is 0 Å². The molecule has 1 fully saturated rings. The molecule has 1 unspecified atom stereocenters. The normalized spacial score (nSPS) is 22.9. The second kappa shape index (κ2) is 7.24. The Balaban J connectivity index is 1.49. The average Bonchev–Trinajstić information content (AvgIpc) is 2.61. The molecule has 0 aromatic carbocycles. The molecule has 6 nitrogen and oxygen atoms in total. The lowest BCUT2D eigenvalue weighted by atomic mass is 9.95. The number of anilines is 1. The molecule has 0 spiro atoms. The molecule has 1 aliphatic heterocycles. The summed E-state index contributed by atoms with van der Waals surface area (Å²) in [6.07, 6.45) is 11.6. The van der Waals surface area contributed by atoms with Crippen LogP contribution in [0.4, 0.5) is 5.95 Å². The molecule has 1 aromatic heterocycles. The fraction of sp³-hybridized carbons (Fsp3) is 0.562. The van der Waals surface area contributed by atoms with E-state index in [0.29, 0.717) is 11.9 Å². The Morgan fingerprint density at radius 3 is 2.64 bits per heavy atom. The predicted octanol–water partition coefficient (Wildman–Crippen LogP) is 1.27. The predicted molar refractivity (Wildman–Crippen MR) is 88.8 cm³/mol. The lowest BCUT2D eigenvalue weighted by Gasteiger charge is -2.35. The number of nitrogens with two attached hydrogens (primary N) is 1. The molecule has 2 heterocycles. The van der Waals surface area contributed by atoms with Crippen molar-refractivity contribution in [2.24, 2.45) is 16.6 Å². The van der Waals surface area contributed by atoms with E-state index < -0.39 is 0 Å². The van der Waals surface area contributed by atoms with Crippen molar-refractivity contribution < 1.29 is 0 Å². The van der Waals surface area contributed by atoms with Gasteiger partial charge in [-0.2, -0.15) is 0 Å². The van der Waals surface area contributed by atoms with Crippen LogP contribution in [0.3, 0.4) is 0 Å². The summed E-state index contributed by atoms with van der Waals surface area (Å²) in [5.74, 6) is 2.14. The van der Waals surface area contributed by atoms with Crippen molar-refractivity contribution >= 4 is 11.9 Å². The van der Waals surface area contributed by atoms with E-state index in [0.717, 1.165) is 45.1 Å². The first kappa shape index (κ1) is 14.8. The Hall–Kier alpha value is -2.11. The van der Waals surface area contributed by atoms with Gasteiger partial charge in [0.25, 0.3) is 0 Å². The van der Waals surface area contributed by atoms with Crippen molar-refractivity contribution in [3.05, 3.63) is 30.6 Å². The first-order chi connectivity index (χ1) is 10.8. The van der Waals surface area contributed by atoms with Gasteiger partial charge in [0.2, 0.25) is 5.95 Å². The summed E-state index contributed by atoms with van der Waals surface area (Å²) in [6, 6.07) is 1.84. The molecule has 0 saturated carbocycles. The zero-order valence-corrected chi connectivity index (χ0v) is 12.9. The lowest BCUT2D eigenvalue weighted by molar-refractivity contribution is 0.375. The fourth-order valence-electron chi connectivity index (χ4n) is 2.93. The van der Waals surface area contributed by atoms with Crippen LogP contribution in [0.15, 0.2) is 35.6 Å². The molecule has 2 N–H and O–H groups in total. The maximum absolute atomic E-state index is 6.16. The van der Waals surface area contributed by atoms with E-state index in [-0.39, 0.29) is 0 Å². The molecule has 0 radical (unpaired) electrons. The van der Waals surface area contributed by atoms with Gasteiger partial charge < -0.3 is 15.5 Å². The number of allylic oxidation sites excluding steroid dienone is 2. The van der Waals surface area contributed by atoms with Crippen molar-refractivity contribution in [2.75, 3.05) is 37.6 Å². The summed E-state index contributed by atoms with van der Waals surface area (Å²) < 4.78 is 0. The van der Waals surface area contributed by atoms with Gasteiger partial charge in [0.15, 0.2) is 5.96 Å². The van der Waals surface area contributed by atoms with E-state index in [1.165, 1.54) is 12.8 Å². The number of piperazine rings is 1. The Morgan fingerprint density at radius 1 is 1.18 bits per heavy atom. The average molecular weight is 300 g/mol. The molecule has 0 amide bonds. The van der Waals surface area contributed by atoms with Crippen LogP contribution >= 0.6 is 0 Å². The maximum atomic E-state index is 6.16. The molecule has 3 rings (SSSR count). The molecule has 1 saturated heterocycles. The minimum atomic E-state index is 0.655. The third-order valence-corrected chi connectivity index (χ3v) is 4.33. The molecule has 0 bridgehead atoms. The molecule has 6 heteroatoms. The summed E-state index contributed by atoms with van der Waals surface area (Å²) >= 11 is 0. The monoisotopic (exact) mass is 300 g/mol. The van der Waals surface area contributed by atoms with Crippen molar-refractivity contribution in [1.82, 2.24) is 14.9 Å². The topological polar surface area (TPSA) is 70.6 Å². The smallest absolute Gasteiger partial charge is 0.225 e. The SMILES string of the molecule is NC(=NCC1CC=CCC1)N1CCN(c2ncccn2)CC1. The van der Waals surface area contributed by atoms with Gasteiger partial charge in [-0.1, -0.05) is 12.2 Å². The van der Waals surface area contributed by atoms with Gasteiger partial charge in [-0.3, -0.25) is 4.99 Å². The number of hydrogen-bond acceptors (Lipinski definition) is 4. The summed E-state index contributed by atoms with van der Waals surface area (Å²) in [5.41, 5.74) is 6.16. The second-order valence-electron chi connectivity index (χ2n) is 5.87. The molecular weight excluding hydrogens is 276 g/mol. The lowest BCUT2D eigenvalue weighted by Crippen LogP contribution is -2.51. The highest BCUT2D eigenvalue weighted by molar-refractivity contribution is 5.78. The number of guanidine groups is 1. The Labute approximate surface area is 131 Å². The van der Waals surface area contributed by atoms with Gasteiger partial charge in [-0.25, -0.2) is 9.97 Å². The third-order valence-electron chi connectivity index (χ3n) is 4.33. The maximum Gasteiger partial charge on any atom is 0.225 e. The number of aromatic nitrogens is 2. The zero-order valence-electron chi connectivity index (χ0n) is 12.9. The molecule has 1 aliphatic carbocycles. The van der Waals surface area contributed by atoms with E-state index in [1.807, 2.05) is 6.07 Å². The highest BCUT2D eigenvalue weighted by Crippen LogP contribution is 2.18. The van der Waals surface area contributed by atoms with Crippen molar-refractivity contribution in [3.8, 4) is 0 Å². The quantitative estimate of drug-likeness (QED) is 0.517. The van der Waals surface area contributed by atoms with E-state index in [2.05, 4.69) is 36.9 Å². The summed E-state index contributed by atoms with van der Waals surface area (Å²) in [4.78, 5) is 17.6. The van der Waals surface area contributed by atoms with Crippen LogP contribution in [0, 0.1) is 5.92 Å². The van der Waals surface area contributed by atoms with Gasteiger partial charge in [0.05, 0.1) is 0 Å². The van der Waals surface area contributed by atoms with E-state index in [1.54, 1.807) is 12.4 Å². The van der Waals surface area contributed by atoms with Gasteiger partial charge in [0, 0.05) is 45.1 Å². The van der Waals surface area contributed by atoms with Crippen LogP contribution < -0.4 is 10.6 Å². The first-order valence-electron chi connectivity index (χ1n) is 8.05. The second-order valence-corrected chi connectivity index (χ2v) is 5.87. The van der Waals surface area contributed by atoms with Crippen molar-refractivity contribution in [3.63, 3.8) is 0 Å². The highest BCUT2D eigenvalue weighted by Gasteiger charge is 2.20. The zero-order chi connectivity index (χ0) is 15.2. The summed E-state index contributed by atoms with van der Waals surface area (Å²) in [6.45, 7) is 4.35. The molecule has 2 aliphatic rings. The number of rotatable bonds is 3. The molecular formula is C16H24N6. The summed E-state index contributed by atoms with van der Waals surface area (Å²) in [5, 5.41) is 0. The van der Waals surface area contributed by atoms with Gasteiger partial charge in [-0.05, 0) is 31.2 Å². The van der Waals surface area contributed by atoms with Crippen LogP contribution in [0.2, 0.25) is 0 Å². The van der Waals surface area contributed by atoms with E-state index in [4.69, 9.17) is 5.73 Å². The Kier molecular flexibility index (Phi) is 4.88. The van der Waals surface area contributed by atoms with Crippen LogP contribution in [-0.2, 0) is 0 Å². The molecule has 1 atom stereocenters. The van der Waals surface area contributed by atoms with Gasteiger partial charge >= 0.3 is 0 Å². The van der Waals surface area contributed by atoms with Crippen LogP contribution in [0.25, 0.3) is 0 Å². The Morgan fingerprint density at radius 2 is 1.95 bits per heavy atom. The third kappa shape index (κ3) is 3.75. The molecule has 22 heavy (non-hydrogen) atoms. The Bertz CT molecular complexity index is 519. The first-order valence-corrected chi connectivity index (χ1v) is 8.05. The fourth-order valence-corrected chi connectivity index (χ4v) is 2.93. The van der Waals surface area contributed by atoms with Crippen LogP contribution in [-0.4, -0.2) is 53.6 Å². The van der Waals surface area contributed by atoms with Gasteiger partial charge in [0.1, 0.15) is 0 Å². The van der Waals surface area contributed by atoms with E-state index in [9.17, 15) is 0 Å². The van der Waals surface area contributed by atoms with Crippen LogP contribution in [0.1, 0.15) is 19.3 Å². The summed E-state index contributed by atoms with van der Waals surface area (Å²) in [7, 11) is 0. The molecule has 1 aromatic rings. The number of aliphatic imine (C=N–C) groups is 1. The minimum Gasteiger partial charge on any atom is -0.370 e. The van der Waals surface area contributed by atoms with Crippen molar-refractivity contribution in [2.45, 2.75) is 19.3 Å². The highest BCUT2D eigenvalue weighted by atomic mass is 15.3. The van der Waals surface area contributed by atoms with Crippen LogP contribution in [0.5, 0.6) is 0 Å². The van der Waals surface area contributed by atoms with Crippen molar-refractivity contribution in [1.29, 1.82) is 0 Å². The minimum absolute atomic E-state index is 0.655. The number of hydrogen-bond donors (Lipinski definition) is 1. The van der Waals surface area contributed by atoms with Gasteiger partial charge in [-0.15, -0.1) is 0 Å². The largest absolute Gasteiger partial charge is 0.370 e. The number of nitrogens with zero attached hydrogens (tertiary/aromatic N) is 5.